The van der Waals surface area contributed by atoms with Crippen molar-refractivity contribution in [3.63, 3.8) is 0 Å². The number of pyridine rings is 1. The van der Waals surface area contributed by atoms with Crippen LogP contribution in [0.4, 0.5) is 0 Å². The normalized spacial score (nSPS) is 12.2. The highest BCUT2D eigenvalue weighted by Crippen LogP contribution is 2.30. The number of rotatable bonds is 11. The van der Waals surface area contributed by atoms with Gasteiger partial charge in [0.1, 0.15) is 0 Å². The van der Waals surface area contributed by atoms with Gasteiger partial charge in [-0.3, -0.25) is 9.98 Å². The lowest BCUT2D eigenvalue weighted by atomic mass is 10.00. The van der Waals surface area contributed by atoms with E-state index in [2.05, 4.69) is 135 Å². The van der Waals surface area contributed by atoms with E-state index in [9.17, 15) is 0 Å². The summed E-state index contributed by atoms with van der Waals surface area (Å²) in [6, 6.07) is 52.0. The Kier molecular flexibility index (Phi) is 10.6. The van der Waals surface area contributed by atoms with Crippen LogP contribution in [0.5, 0.6) is 0 Å². The molecule has 7 aromatic rings. The monoisotopic (exact) mass is 675 g/mol. The molecule has 0 bridgehead atoms. The van der Waals surface area contributed by atoms with E-state index in [1.165, 1.54) is 5.56 Å². The van der Waals surface area contributed by atoms with Crippen molar-refractivity contribution in [2.75, 3.05) is 0 Å². The van der Waals surface area contributed by atoms with E-state index in [1.54, 1.807) is 0 Å². The van der Waals surface area contributed by atoms with Gasteiger partial charge in [-0.25, -0.2) is 15.0 Å². The molecule has 0 N–H and O–H groups in total. The molecule has 1 unspecified atom stereocenters. The summed E-state index contributed by atoms with van der Waals surface area (Å²) < 4.78 is 0. The zero-order valence-electron chi connectivity index (χ0n) is 29.8. The summed E-state index contributed by atoms with van der Waals surface area (Å²) >= 11 is 0. The molecular formula is C47H41N5. The quantitative estimate of drug-likeness (QED) is 0.128. The zero-order chi connectivity index (χ0) is 35.7. The maximum absolute atomic E-state index is 5.14. The Morgan fingerprint density at radius 3 is 1.90 bits per heavy atom. The maximum Gasteiger partial charge on any atom is 0.165 e. The average molecular weight is 676 g/mol. The molecule has 0 spiro atoms. The second-order valence-electron chi connectivity index (χ2n) is 12.9. The van der Waals surface area contributed by atoms with Crippen LogP contribution >= 0.6 is 0 Å². The number of allylic oxidation sites excluding steroid dienone is 1. The van der Waals surface area contributed by atoms with Crippen molar-refractivity contribution in [3.05, 3.63) is 186 Å². The first-order valence-electron chi connectivity index (χ1n) is 17.9. The number of hydrogen-bond donors (Lipinski definition) is 0. The molecule has 0 saturated carbocycles. The first-order valence-corrected chi connectivity index (χ1v) is 17.9. The SMILES string of the molecule is CCCc1ccc(-c2nc(-c3ccccc3)nc(-c3cccc(-c4cccc(/C=C/C(=NC(C)c5ccccc5)c5ccccc5)c4)c3)n2)c(C)n1. The van der Waals surface area contributed by atoms with Crippen LogP contribution in [-0.4, -0.2) is 25.6 Å². The largest absolute Gasteiger partial charge is 0.277 e. The summed E-state index contributed by atoms with van der Waals surface area (Å²) in [5.41, 5.74) is 11.2. The molecule has 254 valence electrons. The van der Waals surface area contributed by atoms with Gasteiger partial charge >= 0.3 is 0 Å². The van der Waals surface area contributed by atoms with Crippen LogP contribution in [0.2, 0.25) is 0 Å². The highest BCUT2D eigenvalue weighted by Gasteiger charge is 2.15. The smallest absolute Gasteiger partial charge is 0.165 e. The number of aryl methyl sites for hydroxylation is 2. The molecular weight excluding hydrogens is 635 g/mol. The van der Waals surface area contributed by atoms with Gasteiger partial charge in [0.25, 0.3) is 0 Å². The zero-order valence-corrected chi connectivity index (χ0v) is 29.8. The van der Waals surface area contributed by atoms with Gasteiger partial charge in [0.2, 0.25) is 0 Å². The van der Waals surface area contributed by atoms with Crippen molar-refractivity contribution < 1.29 is 0 Å². The highest BCUT2D eigenvalue weighted by molar-refractivity contribution is 6.10. The minimum absolute atomic E-state index is 0.0223. The van der Waals surface area contributed by atoms with Crippen LogP contribution in [0.1, 0.15) is 54.4 Å². The van der Waals surface area contributed by atoms with Crippen molar-refractivity contribution in [3.8, 4) is 45.3 Å². The molecule has 1 atom stereocenters. The van der Waals surface area contributed by atoms with Gasteiger partial charge in [0.15, 0.2) is 17.5 Å². The Morgan fingerprint density at radius 1 is 0.596 bits per heavy atom. The molecule has 5 nitrogen and oxygen atoms in total. The van der Waals surface area contributed by atoms with E-state index in [-0.39, 0.29) is 6.04 Å². The Balaban J connectivity index is 1.23. The molecule has 0 radical (unpaired) electrons. The van der Waals surface area contributed by atoms with Crippen LogP contribution in [0.25, 0.3) is 51.4 Å². The molecule has 52 heavy (non-hydrogen) atoms. The molecule has 0 aliphatic heterocycles. The molecule has 5 aromatic carbocycles. The van der Waals surface area contributed by atoms with Gasteiger partial charge < -0.3 is 0 Å². The van der Waals surface area contributed by atoms with Crippen molar-refractivity contribution >= 4 is 11.8 Å². The summed E-state index contributed by atoms with van der Waals surface area (Å²) in [5, 5.41) is 0. The Morgan fingerprint density at radius 2 is 1.19 bits per heavy atom. The van der Waals surface area contributed by atoms with Gasteiger partial charge in [-0.2, -0.15) is 0 Å². The predicted octanol–water partition coefficient (Wildman–Crippen LogP) is 11.5. The number of aromatic nitrogens is 4. The Hall–Kier alpha value is -6.33. The molecule has 0 saturated heterocycles. The first-order chi connectivity index (χ1) is 25.5. The van der Waals surface area contributed by atoms with E-state index < -0.39 is 0 Å². The fourth-order valence-electron chi connectivity index (χ4n) is 6.26. The summed E-state index contributed by atoms with van der Waals surface area (Å²) in [6.45, 7) is 6.33. The van der Waals surface area contributed by atoms with Gasteiger partial charge in [0, 0.05) is 28.1 Å². The topological polar surface area (TPSA) is 63.9 Å². The molecule has 0 amide bonds. The van der Waals surface area contributed by atoms with E-state index in [4.69, 9.17) is 24.9 Å². The fraction of sp³-hybridized carbons (Fsp3) is 0.128. The molecule has 0 fully saturated rings. The lowest BCUT2D eigenvalue weighted by Gasteiger charge is -2.11. The summed E-state index contributed by atoms with van der Waals surface area (Å²) in [5.74, 6) is 1.87. The van der Waals surface area contributed by atoms with E-state index in [1.807, 2.05) is 49.4 Å². The van der Waals surface area contributed by atoms with Crippen LogP contribution in [0.3, 0.4) is 0 Å². The second kappa shape index (κ2) is 16.1. The maximum atomic E-state index is 5.14. The standard InChI is InChI=1S/C47H41N5/c1-4-16-42-28-29-43(34(3)48-42)47-51-45(38-22-12-7-13-23-38)50-46(52-47)41-26-15-25-40(32-41)39-24-14-17-35(31-39)27-30-44(37-20-10-6-11-21-37)49-33(2)36-18-8-5-9-19-36/h5-15,17-33H,4,16H2,1-3H3/b30-27+,49-44?. The highest BCUT2D eigenvalue weighted by atomic mass is 15.0. The summed E-state index contributed by atoms with van der Waals surface area (Å²) in [6.07, 6.45) is 6.25. The minimum Gasteiger partial charge on any atom is -0.277 e. The van der Waals surface area contributed by atoms with Crippen LogP contribution in [-0.2, 0) is 6.42 Å². The van der Waals surface area contributed by atoms with Gasteiger partial charge in [-0.1, -0.05) is 147 Å². The third-order valence-electron chi connectivity index (χ3n) is 9.02. The van der Waals surface area contributed by atoms with E-state index in [0.717, 1.165) is 68.9 Å². The lowest BCUT2D eigenvalue weighted by molar-refractivity contribution is 0.822. The minimum atomic E-state index is 0.0223. The number of nitrogens with zero attached hydrogens (tertiary/aromatic N) is 5. The van der Waals surface area contributed by atoms with Gasteiger partial charge in [0.05, 0.1) is 11.8 Å². The number of benzene rings is 5. The van der Waals surface area contributed by atoms with Gasteiger partial charge in [-0.15, -0.1) is 0 Å². The predicted molar refractivity (Wildman–Crippen MR) is 215 cm³/mol. The molecule has 7 rings (SSSR count). The average Bonchev–Trinajstić information content (AvgIpc) is 3.20. The van der Waals surface area contributed by atoms with Crippen LogP contribution < -0.4 is 0 Å². The van der Waals surface area contributed by atoms with E-state index >= 15 is 0 Å². The fourth-order valence-corrected chi connectivity index (χ4v) is 6.26. The Labute approximate surface area is 306 Å². The molecule has 2 aromatic heterocycles. The molecule has 0 aliphatic rings. The van der Waals surface area contributed by atoms with Crippen molar-refractivity contribution in [2.24, 2.45) is 4.99 Å². The Bertz CT molecular complexity index is 2330. The van der Waals surface area contributed by atoms with Crippen LogP contribution in [0.15, 0.2) is 163 Å². The van der Waals surface area contributed by atoms with Gasteiger partial charge in [-0.05, 0) is 78.4 Å². The lowest BCUT2D eigenvalue weighted by Crippen LogP contribution is -2.02. The van der Waals surface area contributed by atoms with Crippen LogP contribution in [0, 0.1) is 6.92 Å². The van der Waals surface area contributed by atoms with E-state index in [0.29, 0.717) is 17.5 Å². The van der Waals surface area contributed by atoms with Crippen molar-refractivity contribution in [1.29, 1.82) is 0 Å². The van der Waals surface area contributed by atoms with Crippen molar-refractivity contribution in [1.82, 2.24) is 19.9 Å². The van der Waals surface area contributed by atoms with Crippen molar-refractivity contribution in [2.45, 2.75) is 39.7 Å². The first kappa shape index (κ1) is 34.1. The summed E-state index contributed by atoms with van der Waals surface area (Å²) in [4.78, 5) is 25.0. The molecule has 0 aliphatic carbocycles. The number of aliphatic imine (C=N–C) groups is 1. The third kappa shape index (κ3) is 8.17. The molecule has 5 heteroatoms. The number of hydrogen-bond acceptors (Lipinski definition) is 5. The summed E-state index contributed by atoms with van der Waals surface area (Å²) in [7, 11) is 0. The third-order valence-corrected chi connectivity index (χ3v) is 9.02. The molecule has 2 heterocycles. The second-order valence-corrected chi connectivity index (χ2v) is 12.9.